The molecule has 2 rings (SSSR count). The summed E-state index contributed by atoms with van der Waals surface area (Å²) in [5, 5.41) is 10.4. The number of rotatable bonds is 4. The van der Waals surface area contributed by atoms with Gasteiger partial charge >= 0.3 is 10.4 Å². The van der Waals surface area contributed by atoms with Gasteiger partial charge in [-0.2, -0.15) is 8.42 Å². The Morgan fingerprint density at radius 3 is 2.27 bits per heavy atom. The lowest BCUT2D eigenvalue weighted by molar-refractivity contribution is 0.0950. The number of amides is 1. The van der Waals surface area contributed by atoms with E-state index in [4.69, 9.17) is 23.4 Å². The number of phenolic OH excluding ortho intramolecular Hbond substituents is 1. The second kappa shape index (κ2) is 9.86. The van der Waals surface area contributed by atoms with E-state index in [1.807, 2.05) is 6.07 Å². The average molecular weight is 388 g/mol. The van der Waals surface area contributed by atoms with Crippen LogP contribution < -0.4 is 11.3 Å². The molecule has 1 saturated carbocycles. The lowest BCUT2D eigenvalue weighted by atomic mass is 9.81. The summed E-state index contributed by atoms with van der Waals surface area (Å²) in [5.74, 6) is 5.62. The minimum Gasteiger partial charge on any atom is -0.507 e. The molecule has 0 radical (unpaired) electrons. The van der Waals surface area contributed by atoms with Gasteiger partial charge in [0.2, 0.25) is 0 Å². The van der Waals surface area contributed by atoms with Gasteiger partial charge in [0.05, 0.1) is 5.56 Å². The van der Waals surface area contributed by atoms with Crippen molar-refractivity contribution in [1.29, 1.82) is 0 Å². The molecule has 8 nitrogen and oxygen atoms in total. The van der Waals surface area contributed by atoms with Crippen molar-refractivity contribution in [3.8, 4) is 5.75 Å². The van der Waals surface area contributed by atoms with E-state index in [2.05, 4.69) is 25.3 Å². The first-order valence-electron chi connectivity index (χ1n) is 8.66. The molecule has 1 amide bonds. The summed E-state index contributed by atoms with van der Waals surface area (Å²) in [7, 11) is -4.67. The predicted molar refractivity (Wildman–Crippen MR) is 98.5 cm³/mol. The van der Waals surface area contributed by atoms with Crippen LogP contribution >= 0.6 is 0 Å². The first-order chi connectivity index (χ1) is 12.1. The molecule has 148 valence electrons. The number of hydrogen-bond acceptors (Lipinski definition) is 5. The Kier molecular flexibility index (Phi) is 8.48. The van der Waals surface area contributed by atoms with Gasteiger partial charge in [-0.05, 0) is 48.3 Å². The maximum Gasteiger partial charge on any atom is 0.394 e. The van der Waals surface area contributed by atoms with Crippen LogP contribution in [0.15, 0.2) is 12.1 Å². The quantitative estimate of drug-likeness (QED) is 0.230. The summed E-state index contributed by atoms with van der Waals surface area (Å²) in [5.41, 5.74) is 4.47. The second-order valence-electron chi connectivity index (χ2n) is 6.57. The van der Waals surface area contributed by atoms with Crippen LogP contribution in [0.5, 0.6) is 5.75 Å². The van der Waals surface area contributed by atoms with Crippen molar-refractivity contribution in [2.45, 2.75) is 64.2 Å². The van der Waals surface area contributed by atoms with Crippen molar-refractivity contribution >= 4 is 16.3 Å². The number of nitrogens with two attached hydrogens (primary N) is 1. The van der Waals surface area contributed by atoms with Crippen molar-refractivity contribution in [2.75, 3.05) is 0 Å². The Labute approximate surface area is 154 Å². The summed E-state index contributed by atoms with van der Waals surface area (Å²) in [6.07, 6.45) is 7.02. The Bertz CT molecular complexity index is 706. The highest BCUT2D eigenvalue weighted by Crippen LogP contribution is 2.38. The third-order valence-corrected chi connectivity index (χ3v) is 4.76. The summed E-state index contributed by atoms with van der Waals surface area (Å²) in [4.78, 5) is 11.9. The highest BCUT2D eigenvalue weighted by molar-refractivity contribution is 7.79. The Hall–Kier alpha value is -1.68. The van der Waals surface area contributed by atoms with Gasteiger partial charge < -0.3 is 5.11 Å². The number of carbonyl (C=O) groups is 1. The van der Waals surface area contributed by atoms with Crippen molar-refractivity contribution in [2.24, 2.45) is 5.84 Å². The summed E-state index contributed by atoms with van der Waals surface area (Å²) in [6.45, 7) is 4.16. The molecule has 0 bridgehead atoms. The minimum absolute atomic E-state index is 0.0758. The minimum atomic E-state index is -4.67. The first-order valence-corrected chi connectivity index (χ1v) is 10.1. The molecule has 1 aliphatic rings. The van der Waals surface area contributed by atoms with E-state index in [0.29, 0.717) is 11.5 Å². The fraction of sp³-hybridized carbons (Fsp3) is 0.588. The van der Waals surface area contributed by atoms with Crippen molar-refractivity contribution < 1.29 is 27.4 Å². The van der Waals surface area contributed by atoms with Gasteiger partial charge in [-0.25, -0.2) is 5.84 Å². The molecule has 26 heavy (non-hydrogen) atoms. The van der Waals surface area contributed by atoms with E-state index in [-0.39, 0.29) is 11.7 Å². The molecule has 1 aromatic rings. The second-order valence-corrected chi connectivity index (χ2v) is 7.47. The van der Waals surface area contributed by atoms with Crippen LogP contribution in [-0.2, 0) is 10.4 Å². The van der Waals surface area contributed by atoms with E-state index in [0.717, 1.165) is 24.8 Å². The fourth-order valence-corrected chi connectivity index (χ4v) is 3.20. The van der Waals surface area contributed by atoms with Crippen molar-refractivity contribution in [3.63, 3.8) is 0 Å². The average Bonchev–Trinajstić information content (AvgIpc) is 2.60. The molecule has 1 fully saturated rings. The molecule has 9 heteroatoms. The van der Waals surface area contributed by atoms with E-state index in [1.54, 1.807) is 0 Å². The largest absolute Gasteiger partial charge is 0.507 e. The molecule has 1 atom stereocenters. The van der Waals surface area contributed by atoms with E-state index in [1.165, 1.54) is 24.8 Å². The van der Waals surface area contributed by atoms with Crippen LogP contribution in [0.25, 0.3) is 0 Å². The number of hydrazine groups is 1. The van der Waals surface area contributed by atoms with Crippen LogP contribution in [0.3, 0.4) is 0 Å². The third-order valence-electron chi connectivity index (χ3n) is 4.76. The summed E-state index contributed by atoms with van der Waals surface area (Å²) >= 11 is 0. The molecular weight excluding hydrogens is 360 g/mol. The third kappa shape index (κ3) is 6.91. The van der Waals surface area contributed by atoms with Gasteiger partial charge in [-0.1, -0.05) is 39.2 Å². The van der Waals surface area contributed by atoms with Crippen LogP contribution in [0.2, 0.25) is 0 Å². The molecule has 0 saturated heterocycles. The smallest absolute Gasteiger partial charge is 0.394 e. The monoisotopic (exact) mass is 388 g/mol. The molecular formula is C17H28N2O6S. The number of nitrogen functional groups attached to an aromatic ring is 1. The van der Waals surface area contributed by atoms with Gasteiger partial charge in [0.15, 0.2) is 0 Å². The van der Waals surface area contributed by atoms with E-state index < -0.39 is 16.3 Å². The lowest BCUT2D eigenvalue weighted by Gasteiger charge is -2.24. The van der Waals surface area contributed by atoms with Gasteiger partial charge in [0, 0.05) is 0 Å². The molecule has 1 aromatic carbocycles. The van der Waals surface area contributed by atoms with Gasteiger partial charge in [0.1, 0.15) is 5.75 Å². The van der Waals surface area contributed by atoms with Crippen molar-refractivity contribution in [3.05, 3.63) is 28.8 Å². The molecule has 0 heterocycles. The van der Waals surface area contributed by atoms with E-state index in [9.17, 15) is 9.90 Å². The number of hydrogen-bond donors (Lipinski definition) is 5. The van der Waals surface area contributed by atoms with Crippen molar-refractivity contribution in [1.82, 2.24) is 5.43 Å². The molecule has 6 N–H and O–H groups in total. The van der Waals surface area contributed by atoms with Crippen LogP contribution in [0.4, 0.5) is 0 Å². The normalized spacial score (nSPS) is 16.3. The highest BCUT2D eigenvalue weighted by Gasteiger charge is 2.23. The van der Waals surface area contributed by atoms with Crippen LogP contribution in [0.1, 0.15) is 85.7 Å². The predicted octanol–water partition coefficient (Wildman–Crippen LogP) is 2.90. The zero-order valence-corrected chi connectivity index (χ0v) is 15.9. The zero-order valence-electron chi connectivity index (χ0n) is 15.1. The van der Waals surface area contributed by atoms with Crippen LogP contribution in [-0.4, -0.2) is 28.5 Å². The number of nitrogens with one attached hydrogen (secondary N) is 1. The maximum absolute atomic E-state index is 11.9. The Morgan fingerprint density at radius 1 is 1.27 bits per heavy atom. The maximum atomic E-state index is 11.9. The topological polar surface area (TPSA) is 150 Å². The Morgan fingerprint density at radius 2 is 1.81 bits per heavy atom. The van der Waals surface area contributed by atoms with Gasteiger partial charge in [-0.15, -0.1) is 0 Å². The summed E-state index contributed by atoms with van der Waals surface area (Å²) in [6, 6.07) is 3.91. The summed E-state index contributed by atoms with van der Waals surface area (Å²) < 4.78 is 31.6. The highest BCUT2D eigenvalue weighted by atomic mass is 32.3. The molecule has 0 spiro atoms. The van der Waals surface area contributed by atoms with Crippen LogP contribution in [0, 0.1) is 0 Å². The van der Waals surface area contributed by atoms with Gasteiger partial charge in [0.25, 0.3) is 5.91 Å². The first kappa shape index (κ1) is 22.4. The Balaban J connectivity index is 0.000000597. The number of carbonyl (C=O) groups excluding carboxylic acids is 1. The zero-order chi connectivity index (χ0) is 19.9. The molecule has 0 aromatic heterocycles. The molecule has 1 unspecified atom stereocenters. The van der Waals surface area contributed by atoms with Gasteiger partial charge in [-0.3, -0.25) is 19.3 Å². The fourth-order valence-electron chi connectivity index (χ4n) is 3.20. The number of aromatic hydroxyl groups is 1. The number of benzene rings is 1. The van der Waals surface area contributed by atoms with E-state index >= 15 is 0 Å². The molecule has 1 aliphatic carbocycles. The molecule has 0 aliphatic heterocycles. The SMILES string of the molecule is CCC(C)c1cc(C2CCCCC2)cc(C(=O)NN)c1O.O=S(=O)(O)O. The standard InChI is InChI=1S/C17H26N2O2.H2O4S/c1-3-11(2)14-9-13(12-7-5-4-6-8-12)10-15(16(14)20)17(21)19-18;1-5(2,3)4/h9-12,20H,3-8,18H2,1-2H3,(H,19,21);(H2,1,2,3,4). The lowest BCUT2D eigenvalue weighted by Crippen LogP contribution is -2.30. The number of phenols is 1.